The van der Waals surface area contributed by atoms with Crippen LogP contribution in [0.1, 0.15) is 156 Å². The van der Waals surface area contributed by atoms with Crippen LogP contribution in [0.4, 0.5) is 10.5 Å². The Kier molecular flexibility index (Phi) is 29.1. The highest BCUT2D eigenvalue weighted by atomic mass is 16.7. The summed E-state index contributed by atoms with van der Waals surface area (Å²) in [6, 6.07) is 4.98. The van der Waals surface area contributed by atoms with Crippen LogP contribution in [-0.4, -0.2) is 62.3 Å². The standard InChI is InChI=1S/C40H67NO11/c1-4-7-10-13-16-19-22-37(42)49-31-34(33-51-40(44)52-36-25-23-35(24-26-36)41(45)46)32-50-38(43)27-28-39(47-29-20-17-14-11-8-5-2)48-30-21-18-15-12-9-6-3/h23-26,34,39H,4-22,27-33H2,1-3H3. The van der Waals surface area contributed by atoms with Crippen molar-refractivity contribution in [1.82, 2.24) is 0 Å². The van der Waals surface area contributed by atoms with Gasteiger partial charge < -0.3 is 28.4 Å². The summed E-state index contributed by atoms with van der Waals surface area (Å²) in [5.41, 5.74) is -0.148. The molecule has 52 heavy (non-hydrogen) atoms. The molecule has 0 N–H and O–H groups in total. The average molecular weight is 738 g/mol. The van der Waals surface area contributed by atoms with Gasteiger partial charge in [-0.15, -0.1) is 0 Å². The van der Waals surface area contributed by atoms with Gasteiger partial charge in [0.2, 0.25) is 0 Å². The number of carbonyl (C=O) groups is 3. The van der Waals surface area contributed by atoms with E-state index in [9.17, 15) is 24.5 Å². The smallest absolute Gasteiger partial charge is 0.465 e. The summed E-state index contributed by atoms with van der Waals surface area (Å²) >= 11 is 0. The van der Waals surface area contributed by atoms with Gasteiger partial charge in [0.05, 0.1) is 17.3 Å². The molecule has 0 aromatic heterocycles. The Balaban J connectivity index is 2.65. The van der Waals surface area contributed by atoms with Crippen molar-refractivity contribution < 1.29 is 47.7 Å². The van der Waals surface area contributed by atoms with Gasteiger partial charge >= 0.3 is 18.1 Å². The number of benzene rings is 1. The van der Waals surface area contributed by atoms with Crippen LogP contribution in [0.3, 0.4) is 0 Å². The zero-order chi connectivity index (χ0) is 38.1. The Hall–Kier alpha value is -3.25. The Labute approximate surface area is 312 Å². The molecule has 0 aliphatic rings. The number of hydrogen-bond acceptors (Lipinski definition) is 11. The molecule has 0 aliphatic carbocycles. The van der Waals surface area contributed by atoms with Crippen molar-refractivity contribution in [3.05, 3.63) is 34.4 Å². The molecule has 0 amide bonds. The van der Waals surface area contributed by atoms with Crippen molar-refractivity contribution in [2.45, 2.75) is 162 Å². The normalized spacial score (nSPS) is 11.7. The van der Waals surface area contributed by atoms with Crippen LogP contribution in [-0.2, 0) is 33.3 Å². The molecule has 0 saturated carbocycles. The molecule has 0 radical (unpaired) electrons. The number of hydrogen-bond donors (Lipinski definition) is 0. The Morgan fingerprint density at radius 1 is 0.596 bits per heavy atom. The van der Waals surface area contributed by atoms with E-state index in [1.807, 2.05) is 0 Å². The minimum Gasteiger partial charge on any atom is -0.465 e. The van der Waals surface area contributed by atoms with E-state index in [4.69, 9.17) is 28.4 Å². The Bertz CT molecular complexity index is 1050. The monoisotopic (exact) mass is 737 g/mol. The van der Waals surface area contributed by atoms with Gasteiger partial charge in [-0.3, -0.25) is 19.7 Å². The van der Waals surface area contributed by atoms with Crippen molar-refractivity contribution in [3.63, 3.8) is 0 Å². The number of ether oxygens (including phenoxy) is 6. The van der Waals surface area contributed by atoms with Crippen LogP contribution < -0.4 is 4.74 Å². The molecule has 0 aliphatic heterocycles. The molecule has 0 heterocycles. The van der Waals surface area contributed by atoms with E-state index in [2.05, 4.69) is 20.8 Å². The predicted molar refractivity (Wildman–Crippen MR) is 200 cm³/mol. The zero-order valence-electron chi connectivity index (χ0n) is 32.3. The number of unbranched alkanes of at least 4 members (excludes halogenated alkanes) is 15. The molecule has 0 saturated heterocycles. The lowest BCUT2D eigenvalue weighted by atomic mass is 10.1. The summed E-state index contributed by atoms with van der Waals surface area (Å²) < 4.78 is 33.4. The third-order valence-corrected chi connectivity index (χ3v) is 8.57. The lowest BCUT2D eigenvalue weighted by Gasteiger charge is -2.20. The third-order valence-electron chi connectivity index (χ3n) is 8.57. The number of rotatable bonds is 34. The van der Waals surface area contributed by atoms with Crippen LogP contribution in [0.2, 0.25) is 0 Å². The summed E-state index contributed by atoms with van der Waals surface area (Å²) in [6.45, 7) is 7.19. The van der Waals surface area contributed by atoms with E-state index in [0.29, 0.717) is 19.6 Å². The molecule has 12 heteroatoms. The maximum absolute atomic E-state index is 12.8. The van der Waals surface area contributed by atoms with E-state index in [0.717, 1.165) is 57.8 Å². The first-order valence-electron chi connectivity index (χ1n) is 19.9. The highest BCUT2D eigenvalue weighted by Gasteiger charge is 2.20. The van der Waals surface area contributed by atoms with Gasteiger partial charge in [0, 0.05) is 38.2 Å². The second kappa shape index (κ2) is 32.4. The second-order valence-electron chi connectivity index (χ2n) is 13.4. The fourth-order valence-corrected chi connectivity index (χ4v) is 5.35. The lowest BCUT2D eigenvalue weighted by molar-refractivity contribution is -0.384. The molecule has 1 aromatic rings. The molecule has 0 spiro atoms. The number of carbonyl (C=O) groups excluding carboxylic acids is 3. The van der Waals surface area contributed by atoms with Gasteiger partial charge in [-0.2, -0.15) is 0 Å². The quantitative estimate of drug-likeness (QED) is 0.0126. The number of nitro benzene ring substituents is 1. The number of esters is 2. The lowest BCUT2D eigenvalue weighted by Crippen LogP contribution is -2.27. The molecule has 1 atom stereocenters. The van der Waals surface area contributed by atoms with Crippen molar-refractivity contribution in [2.24, 2.45) is 5.92 Å². The largest absolute Gasteiger partial charge is 0.513 e. The average Bonchev–Trinajstić information content (AvgIpc) is 3.13. The zero-order valence-corrected chi connectivity index (χ0v) is 32.3. The molecular formula is C40H67NO11. The number of nitrogens with zero attached hydrogens (tertiary/aromatic N) is 1. The maximum atomic E-state index is 12.8. The summed E-state index contributed by atoms with van der Waals surface area (Å²) in [7, 11) is 0. The van der Waals surface area contributed by atoms with Gasteiger partial charge in [0.15, 0.2) is 6.29 Å². The number of non-ortho nitro benzene ring substituents is 1. The number of nitro groups is 1. The first kappa shape index (κ1) is 46.8. The highest BCUT2D eigenvalue weighted by molar-refractivity contribution is 5.70. The SMILES string of the molecule is CCCCCCCCOC(CCC(=O)OCC(COC(=O)CCCCCCCC)COC(=O)Oc1ccc([N+](=O)[O-])cc1)OCCCCCCCC. The van der Waals surface area contributed by atoms with E-state index >= 15 is 0 Å². The molecule has 12 nitrogen and oxygen atoms in total. The molecule has 1 aromatic carbocycles. The topological polar surface area (TPSA) is 150 Å². The van der Waals surface area contributed by atoms with Crippen LogP contribution in [0.25, 0.3) is 0 Å². The fraction of sp³-hybridized carbons (Fsp3) is 0.775. The summed E-state index contributed by atoms with van der Waals surface area (Å²) in [4.78, 5) is 47.9. The second-order valence-corrected chi connectivity index (χ2v) is 13.4. The molecule has 1 rings (SSSR count). The van der Waals surface area contributed by atoms with Crippen molar-refractivity contribution in [1.29, 1.82) is 0 Å². The van der Waals surface area contributed by atoms with Crippen LogP contribution in [0.5, 0.6) is 5.75 Å². The van der Waals surface area contributed by atoms with E-state index in [1.165, 1.54) is 82.1 Å². The van der Waals surface area contributed by atoms with E-state index < -0.39 is 29.3 Å². The van der Waals surface area contributed by atoms with Gasteiger partial charge in [0.25, 0.3) is 5.69 Å². The third kappa shape index (κ3) is 26.5. The molecule has 0 fully saturated rings. The molecule has 298 valence electrons. The summed E-state index contributed by atoms with van der Waals surface area (Å²) in [5, 5.41) is 10.9. The van der Waals surface area contributed by atoms with Gasteiger partial charge in [-0.25, -0.2) is 4.79 Å². The van der Waals surface area contributed by atoms with Gasteiger partial charge in [-0.05, 0) is 31.4 Å². The Morgan fingerprint density at radius 3 is 1.54 bits per heavy atom. The molecular weight excluding hydrogens is 670 g/mol. The maximum Gasteiger partial charge on any atom is 0.513 e. The van der Waals surface area contributed by atoms with Crippen molar-refractivity contribution in [3.8, 4) is 5.75 Å². The van der Waals surface area contributed by atoms with E-state index in [1.54, 1.807) is 0 Å². The van der Waals surface area contributed by atoms with Crippen molar-refractivity contribution in [2.75, 3.05) is 33.0 Å². The van der Waals surface area contributed by atoms with Crippen LogP contribution >= 0.6 is 0 Å². The minimum absolute atomic E-state index is 0.0657. The summed E-state index contributed by atoms with van der Waals surface area (Å²) in [6.07, 6.45) is 19.2. The van der Waals surface area contributed by atoms with Gasteiger partial charge in [-0.1, -0.05) is 117 Å². The van der Waals surface area contributed by atoms with E-state index in [-0.39, 0.29) is 50.1 Å². The first-order valence-corrected chi connectivity index (χ1v) is 19.9. The summed E-state index contributed by atoms with van der Waals surface area (Å²) in [5.74, 6) is -1.40. The van der Waals surface area contributed by atoms with Crippen LogP contribution in [0, 0.1) is 16.0 Å². The highest BCUT2D eigenvalue weighted by Crippen LogP contribution is 2.18. The predicted octanol–water partition coefficient (Wildman–Crippen LogP) is 10.4. The minimum atomic E-state index is -1.04. The van der Waals surface area contributed by atoms with Crippen LogP contribution in [0.15, 0.2) is 24.3 Å². The first-order chi connectivity index (χ1) is 25.3. The fourth-order valence-electron chi connectivity index (χ4n) is 5.35. The van der Waals surface area contributed by atoms with Crippen molar-refractivity contribution >= 4 is 23.8 Å². The molecule has 0 bridgehead atoms. The van der Waals surface area contributed by atoms with Gasteiger partial charge in [0.1, 0.15) is 25.6 Å². The molecule has 1 unspecified atom stereocenters. The Morgan fingerprint density at radius 2 is 1.04 bits per heavy atom.